The van der Waals surface area contributed by atoms with Crippen LogP contribution >= 0.6 is 34.7 Å². The summed E-state index contributed by atoms with van der Waals surface area (Å²) in [6, 6.07) is 7.56. The lowest BCUT2D eigenvalue weighted by Gasteiger charge is -2.38. The summed E-state index contributed by atoms with van der Waals surface area (Å²) in [6.45, 7) is 7.07. The van der Waals surface area contributed by atoms with Crippen LogP contribution in [0, 0.1) is 24.6 Å². The van der Waals surface area contributed by atoms with E-state index in [9.17, 15) is 24.3 Å². The van der Waals surface area contributed by atoms with Gasteiger partial charge in [-0.2, -0.15) is 16.7 Å². The number of ether oxygens (including phenoxy) is 1. The molecule has 4 amide bonds. The maximum atomic E-state index is 15.2. The summed E-state index contributed by atoms with van der Waals surface area (Å²) in [4.78, 5) is 69.2. The van der Waals surface area contributed by atoms with Gasteiger partial charge >= 0.3 is 0 Å². The number of thiazole rings is 1. The largest absolute Gasteiger partial charge is 0.495 e. The lowest BCUT2D eigenvalue weighted by molar-refractivity contribution is -0.143. The van der Waals surface area contributed by atoms with Gasteiger partial charge in [0, 0.05) is 55.5 Å². The number of thioether (sulfide) groups is 1. The molecular formula is C48H61ClF2N10O6S2. The van der Waals surface area contributed by atoms with E-state index in [1.54, 1.807) is 42.9 Å². The van der Waals surface area contributed by atoms with Crippen molar-refractivity contribution in [1.29, 1.82) is 0 Å². The lowest BCUT2D eigenvalue weighted by Crippen LogP contribution is -2.61. The van der Waals surface area contributed by atoms with Crippen LogP contribution in [0.1, 0.15) is 80.4 Å². The number of methoxy groups -OCH3 is 1. The minimum Gasteiger partial charge on any atom is -0.495 e. The third-order valence-electron chi connectivity index (χ3n) is 13.1. The Kier molecular flexibility index (Phi) is 17.0. The summed E-state index contributed by atoms with van der Waals surface area (Å²) < 4.78 is 34.9. The first-order valence-corrected chi connectivity index (χ1v) is 25.5. The van der Waals surface area contributed by atoms with E-state index < -0.39 is 52.1 Å². The van der Waals surface area contributed by atoms with Crippen molar-refractivity contribution < 1.29 is 37.8 Å². The number of alkyl halides is 1. The second-order valence-electron chi connectivity index (χ2n) is 18.5. The Morgan fingerprint density at radius 3 is 2.49 bits per heavy atom. The molecular weight excluding hydrogens is 950 g/mol. The number of carbonyl (C=O) groups is 4. The molecule has 0 spiro atoms. The number of nitrogens with zero attached hydrogens (tertiary/aromatic N) is 4. The van der Waals surface area contributed by atoms with Crippen molar-refractivity contribution in [1.82, 2.24) is 41.1 Å². The fourth-order valence-electron chi connectivity index (χ4n) is 8.66. The first-order valence-electron chi connectivity index (χ1n) is 23.2. The standard InChI is InChI=1S/C48H61ClF2N10O6S2/c1-27-39(68-26-57-27)30-10-11-32(35(50)18-30)22-55-43(64)37-20-33(62)24-61(37)44(65)40(59-45(66)48(51)14-15-48)47(2,3)69-25-29-8-6-28(7-9-29)21-53-16-17-54-42(63)31-12-13-36(38(19-31)67-5)58-46-56-23-34(49)41(52-4)60-46/h10-13,18-19,23,26,28-29,33,37,40,53,62H,6-9,14-17,20-22,24-25H2,1-5H3,(H,54,63)(H,55,64)(H,59,66)(H2,52,56,58,60)/t28?,29?,33-,37?,40-/m1/s1. The Balaban J connectivity index is 0.865. The SMILES string of the molecule is CNc1nc(Nc2ccc(C(=O)NCCNCC3CCC(CSC(C)(C)[C@H](NC(=O)C4(F)CC4)C(=O)N4C[C@H](O)CC4C(=O)NCc4ccc(-c5scnc5C)cc4F)CC3)cc2OC)ncc1Cl. The van der Waals surface area contributed by atoms with E-state index in [0.29, 0.717) is 70.0 Å². The number of benzene rings is 2. The average molecular weight is 1010 g/mol. The van der Waals surface area contributed by atoms with Crippen LogP contribution in [0.3, 0.4) is 0 Å². The Bertz CT molecular complexity index is 2490. The number of aliphatic hydroxyl groups is 1. The predicted molar refractivity (Wildman–Crippen MR) is 265 cm³/mol. The molecule has 3 aliphatic rings. The number of aliphatic hydroxyl groups excluding tert-OH is 1. The molecule has 3 fully saturated rings. The highest BCUT2D eigenvalue weighted by Crippen LogP contribution is 2.42. The third-order valence-corrected chi connectivity index (χ3v) is 15.9. The average Bonchev–Trinajstić information content (AvgIpc) is 3.74. The zero-order valence-corrected chi connectivity index (χ0v) is 41.8. The second kappa shape index (κ2) is 22.7. The Morgan fingerprint density at radius 1 is 1.06 bits per heavy atom. The van der Waals surface area contributed by atoms with Gasteiger partial charge in [-0.15, -0.1) is 11.3 Å². The number of carbonyl (C=O) groups excluding carboxylic acids is 4. The summed E-state index contributed by atoms with van der Waals surface area (Å²) in [5.74, 6) is -0.00694. The minimum absolute atomic E-state index is 0.0396. The number of rotatable bonds is 21. The van der Waals surface area contributed by atoms with E-state index in [1.165, 1.54) is 47.4 Å². The smallest absolute Gasteiger partial charge is 0.258 e. The topological polar surface area (TPSA) is 212 Å². The number of hydrogen-bond donors (Lipinski definition) is 7. The summed E-state index contributed by atoms with van der Waals surface area (Å²) in [5.41, 5.74) is 2.40. The third kappa shape index (κ3) is 13.0. The number of likely N-dealkylation sites (tertiary alicyclic amines) is 1. The molecule has 3 atom stereocenters. The molecule has 2 aromatic carbocycles. The molecule has 2 saturated carbocycles. The summed E-state index contributed by atoms with van der Waals surface area (Å²) in [5, 5.41) is 29.0. The summed E-state index contributed by atoms with van der Waals surface area (Å²) in [7, 11) is 3.22. The Hall–Kier alpha value is -5.15. The molecule has 1 aliphatic heterocycles. The van der Waals surface area contributed by atoms with Gasteiger partial charge in [0.05, 0.1) is 41.2 Å². The normalized spacial score (nSPS) is 20.2. The highest BCUT2D eigenvalue weighted by molar-refractivity contribution is 8.00. The van der Waals surface area contributed by atoms with Gasteiger partial charge in [0.1, 0.15) is 34.5 Å². The van der Waals surface area contributed by atoms with E-state index >= 15 is 8.78 Å². The van der Waals surface area contributed by atoms with E-state index in [2.05, 4.69) is 46.9 Å². The van der Waals surface area contributed by atoms with Crippen LogP contribution in [0.15, 0.2) is 48.1 Å². The quantitative estimate of drug-likeness (QED) is 0.0452. The highest BCUT2D eigenvalue weighted by atomic mass is 35.5. The van der Waals surface area contributed by atoms with Crippen molar-refractivity contribution in [2.45, 2.75) is 101 Å². The van der Waals surface area contributed by atoms with Crippen LogP contribution in [0.25, 0.3) is 10.4 Å². The minimum atomic E-state index is -2.04. The first kappa shape index (κ1) is 51.7. The number of hydrogen-bond acceptors (Lipinski definition) is 14. The van der Waals surface area contributed by atoms with Crippen LogP contribution in [0.4, 0.5) is 26.2 Å². The number of nitrogens with one attached hydrogen (secondary N) is 6. The van der Waals surface area contributed by atoms with Gasteiger partial charge in [-0.25, -0.2) is 18.7 Å². The van der Waals surface area contributed by atoms with Crippen molar-refractivity contribution in [3.63, 3.8) is 0 Å². The molecule has 2 aliphatic carbocycles. The second-order valence-corrected chi connectivity index (χ2v) is 21.4. The molecule has 7 rings (SSSR count). The molecule has 7 N–H and O–H groups in total. The van der Waals surface area contributed by atoms with E-state index in [1.807, 2.05) is 20.8 Å². The Morgan fingerprint density at radius 2 is 1.81 bits per heavy atom. The molecule has 69 heavy (non-hydrogen) atoms. The number of anilines is 3. The van der Waals surface area contributed by atoms with Crippen LogP contribution < -0.4 is 36.6 Å². The van der Waals surface area contributed by atoms with Crippen LogP contribution in [-0.2, 0) is 20.9 Å². The van der Waals surface area contributed by atoms with Crippen molar-refractivity contribution in [3.8, 4) is 16.2 Å². The maximum Gasteiger partial charge on any atom is 0.258 e. The van der Waals surface area contributed by atoms with Crippen LogP contribution in [0.2, 0.25) is 5.02 Å². The van der Waals surface area contributed by atoms with E-state index in [0.717, 1.165) is 42.8 Å². The highest BCUT2D eigenvalue weighted by Gasteiger charge is 2.54. The van der Waals surface area contributed by atoms with Crippen molar-refractivity contribution in [2.24, 2.45) is 11.8 Å². The van der Waals surface area contributed by atoms with Crippen molar-refractivity contribution >= 4 is 75.8 Å². The van der Waals surface area contributed by atoms with Gasteiger partial charge in [-0.05, 0) is 113 Å². The monoisotopic (exact) mass is 1010 g/mol. The molecule has 3 heterocycles. The number of halogens is 3. The van der Waals surface area contributed by atoms with Gasteiger partial charge in [0.25, 0.3) is 11.8 Å². The van der Waals surface area contributed by atoms with Gasteiger partial charge in [-0.1, -0.05) is 23.7 Å². The number of aryl methyl sites for hydroxylation is 1. The zero-order chi connectivity index (χ0) is 49.5. The molecule has 2 aromatic heterocycles. The van der Waals surface area contributed by atoms with Gasteiger partial charge < -0.3 is 46.6 Å². The molecule has 4 aromatic rings. The van der Waals surface area contributed by atoms with E-state index in [4.69, 9.17) is 16.3 Å². The summed E-state index contributed by atoms with van der Waals surface area (Å²) in [6.07, 6.45) is 4.50. The van der Waals surface area contributed by atoms with Gasteiger partial charge in [-0.3, -0.25) is 19.2 Å². The first-order chi connectivity index (χ1) is 33.0. The lowest BCUT2D eigenvalue weighted by atomic mass is 9.83. The molecule has 16 nitrogen and oxygen atoms in total. The fourth-order valence-corrected chi connectivity index (χ4v) is 11.0. The predicted octanol–water partition coefficient (Wildman–Crippen LogP) is 6.40. The number of β-amino-alcohol motifs (C(OH)–C–C–N with tert-alkyl or cyclic N) is 1. The summed E-state index contributed by atoms with van der Waals surface area (Å²) >= 11 is 9.04. The molecule has 21 heteroatoms. The molecule has 372 valence electrons. The van der Waals surface area contributed by atoms with E-state index in [-0.39, 0.29) is 43.8 Å². The van der Waals surface area contributed by atoms with Crippen molar-refractivity contribution in [3.05, 3.63) is 75.8 Å². The van der Waals surface area contributed by atoms with Crippen LogP contribution in [0.5, 0.6) is 5.75 Å². The molecule has 0 bridgehead atoms. The number of aromatic nitrogens is 3. The number of amides is 4. The van der Waals surface area contributed by atoms with Gasteiger partial charge in [0.2, 0.25) is 17.8 Å². The zero-order valence-electron chi connectivity index (χ0n) is 39.4. The molecule has 1 saturated heterocycles. The van der Waals surface area contributed by atoms with Crippen LogP contribution in [-0.4, -0.2) is 123 Å². The fraction of sp³-hybridized carbons (Fsp3) is 0.521. The van der Waals surface area contributed by atoms with Crippen molar-refractivity contribution in [2.75, 3.05) is 56.7 Å². The molecule has 0 radical (unpaired) electrons. The maximum absolute atomic E-state index is 15.2. The molecule has 1 unspecified atom stereocenters. The Labute approximate surface area is 414 Å². The van der Waals surface area contributed by atoms with Gasteiger partial charge in [0.15, 0.2) is 5.67 Å².